The quantitative estimate of drug-likeness (QED) is 0.746. The minimum atomic E-state index is 0.233. The molecular weight excluding hydrogens is 340 g/mol. The van der Waals surface area contributed by atoms with Crippen LogP contribution in [0.25, 0.3) is 0 Å². The Morgan fingerprint density at radius 1 is 1.22 bits per heavy atom. The lowest BCUT2D eigenvalue weighted by molar-refractivity contribution is -0.132. The Balaban J connectivity index is 1.49. The Bertz CT molecular complexity index is 754. The minimum absolute atomic E-state index is 0.233. The molecule has 0 atom stereocenters. The van der Waals surface area contributed by atoms with Crippen LogP contribution in [-0.4, -0.2) is 68.8 Å². The van der Waals surface area contributed by atoms with Gasteiger partial charge in [0.15, 0.2) is 0 Å². The van der Waals surface area contributed by atoms with Crippen molar-refractivity contribution >= 4 is 5.91 Å². The van der Waals surface area contributed by atoms with Crippen molar-refractivity contribution in [2.24, 2.45) is 0 Å². The summed E-state index contributed by atoms with van der Waals surface area (Å²) >= 11 is 0. The molecule has 1 aliphatic heterocycles. The number of hydrogen-bond acceptors (Lipinski definition) is 4. The normalized spacial score (nSPS) is 15.7. The predicted octanol–water partition coefficient (Wildman–Crippen LogP) is 2.05. The smallest absolute Gasteiger partial charge is 0.224 e. The van der Waals surface area contributed by atoms with Gasteiger partial charge in [0.2, 0.25) is 5.91 Å². The molecule has 0 spiro atoms. The van der Waals surface area contributed by atoms with Crippen molar-refractivity contribution in [3.63, 3.8) is 0 Å². The van der Waals surface area contributed by atoms with Crippen LogP contribution in [0, 0.1) is 13.8 Å². The summed E-state index contributed by atoms with van der Waals surface area (Å²) in [5.74, 6) is 1.85. The molecule has 148 valence electrons. The first kappa shape index (κ1) is 19.6. The monoisotopic (exact) mass is 372 g/mol. The summed E-state index contributed by atoms with van der Waals surface area (Å²) in [7, 11) is 4.18. The number of carbonyl (C=O) groups is 1. The topological polar surface area (TPSA) is 59.2 Å². The van der Waals surface area contributed by atoms with Gasteiger partial charge in [-0.3, -0.25) is 9.48 Å². The van der Waals surface area contributed by atoms with E-state index in [-0.39, 0.29) is 5.91 Å². The number of hydrogen-bond donors (Lipinski definition) is 0. The van der Waals surface area contributed by atoms with Gasteiger partial charge in [-0.2, -0.15) is 5.10 Å². The Labute approximate surface area is 162 Å². The molecule has 27 heavy (non-hydrogen) atoms. The Morgan fingerprint density at radius 2 is 1.96 bits per heavy atom. The largest absolute Gasteiger partial charge is 0.343 e. The van der Waals surface area contributed by atoms with Crippen molar-refractivity contribution in [1.82, 2.24) is 29.1 Å². The SMILES string of the molecule is Cc1cc(C)n(CCC(=O)N2CCC(c3nccn3CCN(C)C)CC2)n1. The Morgan fingerprint density at radius 3 is 2.59 bits per heavy atom. The zero-order valence-corrected chi connectivity index (χ0v) is 17.1. The molecule has 1 amide bonds. The molecule has 1 aliphatic rings. The van der Waals surface area contributed by atoms with E-state index in [9.17, 15) is 4.79 Å². The highest BCUT2D eigenvalue weighted by atomic mass is 16.2. The predicted molar refractivity (Wildman–Crippen MR) is 106 cm³/mol. The van der Waals surface area contributed by atoms with Crippen LogP contribution in [0.2, 0.25) is 0 Å². The zero-order chi connectivity index (χ0) is 19.4. The van der Waals surface area contributed by atoms with Crippen LogP contribution in [-0.2, 0) is 17.9 Å². The van der Waals surface area contributed by atoms with Gasteiger partial charge in [-0.1, -0.05) is 0 Å². The second-order valence-corrected chi connectivity index (χ2v) is 7.84. The van der Waals surface area contributed by atoms with Crippen molar-refractivity contribution in [3.8, 4) is 0 Å². The fourth-order valence-electron chi connectivity index (χ4n) is 3.83. The van der Waals surface area contributed by atoms with E-state index in [1.807, 2.05) is 35.7 Å². The highest BCUT2D eigenvalue weighted by Gasteiger charge is 2.26. The van der Waals surface area contributed by atoms with Crippen molar-refractivity contribution in [2.45, 2.75) is 52.1 Å². The van der Waals surface area contributed by atoms with E-state index < -0.39 is 0 Å². The average molecular weight is 373 g/mol. The fourth-order valence-corrected chi connectivity index (χ4v) is 3.83. The maximum atomic E-state index is 12.6. The third kappa shape index (κ3) is 4.97. The molecule has 0 bridgehead atoms. The lowest BCUT2D eigenvalue weighted by Crippen LogP contribution is -2.38. The summed E-state index contributed by atoms with van der Waals surface area (Å²) < 4.78 is 4.20. The molecule has 7 nitrogen and oxygen atoms in total. The summed E-state index contributed by atoms with van der Waals surface area (Å²) in [6.07, 6.45) is 6.47. The van der Waals surface area contributed by atoms with Gasteiger partial charge in [0, 0.05) is 63.2 Å². The maximum Gasteiger partial charge on any atom is 0.224 e. The summed E-state index contributed by atoms with van der Waals surface area (Å²) in [6.45, 7) is 8.29. The van der Waals surface area contributed by atoms with Crippen molar-refractivity contribution in [1.29, 1.82) is 0 Å². The molecule has 1 fully saturated rings. The van der Waals surface area contributed by atoms with Crippen LogP contribution >= 0.6 is 0 Å². The zero-order valence-electron chi connectivity index (χ0n) is 17.1. The van der Waals surface area contributed by atoms with E-state index in [0.29, 0.717) is 18.9 Å². The molecule has 0 N–H and O–H groups in total. The van der Waals surface area contributed by atoms with Crippen LogP contribution < -0.4 is 0 Å². The van der Waals surface area contributed by atoms with Crippen LogP contribution in [0.15, 0.2) is 18.5 Å². The number of likely N-dealkylation sites (tertiary alicyclic amines) is 1. The van der Waals surface area contributed by atoms with Gasteiger partial charge in [-0.05, 0) is 46.9 Å². The lowest BCUT2D eigenvalue weighted by Gasteiger charge is -2.32. The number of amides is 1. The van der Waals surface area contributed by atoms with E-state index in [2.05, 4.69) is 39.8 Å². The van der Waals surface area contributed by atoms with E-state index in [4.69, 9.17) is 0 Å². The second-order valence-electron chi connectivity index (χ2n) is 7.84. The molecule has 3 rings (SSSR count). The van der Waals surface area contributed by atoms with Crippen LogP contribution in [0.3, 0.4) is 0 Å². The summed E-state index contributed by atoms with van der Waals surface area (Å²) in [4.78, 5) is 21.4. The number of rotatable bonds is 7. The third-order valence-corrected chi connectivity index (χ3v) is 5.39. The first-order valence-corrected chi connectivity index (χ1v) is 9.88. The van der Waals surface area contributed by atoms with Crippen LogP contribution in [0.1, 0.15) is 42.4 Å². The molecule has 0 saturated carbocycles. The fraction of sp³-hybridized carbons (Fsp3) is 0.650. The number of aromatic nitrogens is 4. The maximum absolute atomic E-state index is 12.6. The standard InChI is InChI=1S/C20H32N6O/c1-16-15-17(2)26(22-16)11-7-19(27)24-9-5-18(6-10-24)20-21-8-12-25(20)14-13-23(3)4/h8,12,15,18H,5-7,9-11,13-14H2,1-4H3. The van der Waals surface area contributed by atoms with Gasteiger partial charge in [0.1, 0.15) is 5.82 Å². The van der Waals surface area contributed by atoms with E-state index >= 15 is 0 Å². The molecule has 2 aromatic heterocycles. The van der Waals surface area contributed by atoms with Gasteiger partial charge in [-0.15, -0.1) is 0 Å². The van der Waals surface area contributed by atoms with Gasteiger partial charge in [0.05, 0.1) is 5.69 Å². The third-order valence-electron chi connectivity index (χ3n) is 5.39. The molecule has 3 heterocycles. The number of likely N-dealkylation sites (N-methyl/N-ethyl adjacent to an activating group) is 1. The summed E-state index contributed by atoms with van der Waals surface area (Å²) in [5, 5.41) is 4.44. The van der Waals surface area contributed by atoms with E-state index in [1.54, 1.807) is 0 Å². The summed E-state index contributed by atoms with van der Waals surface area (Å²) in [5.41, 5.74) is 2.12. The lowest BCUT2D eigenvalue weighted by atomic mass is 9.95. The van der Waals surface area contributed by atoms with E-state index in [0.717, 1.165) is 50.4 Å². The van der Waals surface area contributed by atoms with Gasteiger partial charge < -0.3 is 14.4 Å². The number of piperidine rings is 1. The molecule has 0 unspecified atom stereocenters. The first-order chi connectivity index (χ1) is 12.9. The second kappa shape index (κ2) is 8.69. The molecular formula is C20H32N6O. The molecule has 1 saturated heterocycles. The number of carbonyl (C=O) groups excluding carboxylic acids is 1. The highest BCUT2D eigenvalue weighted by Crippen LogP contribution is 2.27. The molecule has 0 radical (unpaired) electrons. The number of nitrogens with zero attached hydrogens (tertiary/aromatic N) is 6. The van der Waals surface area contributed by atoms with Gasteiger partial charge in [0.25, 0.3) is 0 Å². The highest BCUT2D eigenvalue weighted by molar-refractivity contribution is 5.76. The molecule has 0 aliphatic carbocycles. The van der Waals surface area contributed by atoms with Crippen LogP contribution in [0.5, 0.6) is 0 Å². The molecule has 2 aromatic rings. The van der Waals surface area contributed by atoms with Crippen molar-refractivity contribution in [2.75, 3.05) is 33.7 Å². The summed E-state index contributed by atoms with van der Waals surface area (Å²) in [6, 6.07) is 2.05. The van der Waals surface area contributed by atoms with E-state index in [1.165, 1.54) is 5.82 Å². The van der Waals surface area contributed by atoms with Gasteiger partial charge >= 0.3 is 0 Å². The van der Waals surface area contributed by atoms with Crippen molar-refractivity contribution in [3.05, 3.63) is 35.7 Å². The number of imidazole rings is 1. The minimum Gasteiger partial charge on any atom is -0.343 e. The van der Waals surface area contributed by atoms with Crippen molar-refractivity contribution < 1.29 is 4.79 Å². The number of aryl methyl sites for hydroxylation is 3. The Hall–Kier alpha value is -2.15. The average Bonchev–Trinajstić information content (AvgIpc) is 3.23. The first-order valence-electron chi connectivity index (χ1n) is 9.88. The van der Waals surface area contributed by atoms with Gasteiger partial charge in [-0.25, -0.2) is 4.98 Å². The Kier molecular flexibility index (Phi) is 6.31. The molecule has 7 heteroatoms. The van der Waals surface area contributed by atoms with Crippen LogP contribution in [0.4, 0.5) is 0 Å². The molecule has 0 aromatic carbocycles.